The minimum Gasteiger partial charge on any atom is -0.356 e. The summed E-state index contributed by atoms with van der Waals surface area (Å²) < 4.78 is 18.6. The largest absolute Gasteiger partial charge is 0.356 e. The molecule has 0 atom stereocenters. The van der Waals surface area contributed by atoms with Gasteiger partial charge >= 0.3 is 0 Å². The van der Waals surface area contributed by atoms with Gasteiger partial charge in [0.2, 0.25) is 0 Å². The maximum Gasteiger partial charge on any atom is 0.251 e. The quantitative estimate of drug-likeness (QED) is 0.532. The van der Waals surface area contributed by atoms with Crippen LogP contribution in [0.5, 0.6) is 0 Å². The van der Waals surface area contributed by atoms with Crippen molar-refractivity contribution in [1.29, 1.82) is 0 Å². The Morgan fingerprint density at radius 3 is 2.32 bits per heavy atom. The Balaban J connectivity index is 1.42. The van der Waals surface area contributed by atoms with Crippen molar-refractivity contribution in [3.63, 3.8) is 0 Å². The summed E-state index contributed by atoms with van der Waals surface area (Å²) in [5.74, 6) is -0.193. The van der Waals surface area contributed by atoms with Crippen molar-refractivity contribution in [2.75, 3.05) is 0 Å². The average molecular weight is 372 g/mol. The standard InChI is InChI=1S/C23H17FN2O2/c24-20-8-4-7-19(13-20)23(27)25-15-21-14-22(28-26-21)18-11-9-17(10-12-18)16-5-2-1-3-6-16/h1-14H,15H2,(H,25,27). The summed E-state index contributed by atoms with van der Waals surface area (Å²) in [5, 5.41) is 6.70. The summed E-state index contributed by atoms with van der Waals surface area (Å²) >= 11 is 0. The van der Waals surface area contributed by atoms with Crippen LogP contribution in [0.2, 0.25) is 0 Å². The average Bonchev–Trinajstić information content (AvgIpc) is 3.22. The molecule has 138 valence electrons. The zero-order chi connectivity index (χ0) is 19.3. The van der Waals surface area contributed by atoms with Crippen LogP contribution in [-0.2, 0) is 6.54 Å². The molecule has 0 bridgehead atoms. The molecule has 1 aromatic heterocycles. The monoisotopic (exact) mass is 372 g/mol. The van der Waals surface area contributed by atoms with Gasteiger partial charge in [-0.05, 0) is 29.3 Å². The van der Waals surface area contributed by atoms with Crippen molar-refractivity contribution in [2.24, 2.45) is 0 Å². The molecule has 0 saturated carbocycles. The lowest BCUT2D eigenvalue weighted by Crippen LogP contribution is -2.22. The van der Waals surface area contributed by atoms with Gasteiger partial charge in [0.1, 0.15) is 11.5 Å². The Morgan fingerprint density at radius 2 is 1.57 bits per heavy atom. The van der Waals surface area contributed by atoms with E-state index in [9.17, 15) is 9.18 Å². The van der Waals surface area contributed by atoms with Gasteiger partial charge in [-0.1, -0.05) is 65.8 Å². The van der Waals surface area contributed by atoms with Gasteiger partial charge in [-0.3, -0.25) is 4.79 Å². The molecule has 0 unspecified atom stereocenters. The van der Waals surface area contributed by atoms with Crippen LogP contribution in [0.3, 0.4) is 0 Å². The summed E-state index contributed by atoms with van der Waals surface area (Å²) in [7, 11) is 0. The van der Waals surface area contributed by atoms with Crippen molar-refractivity contribution in [3.8, 4) is 22.5 Å². The lowest BCUT2D eigenvalue weighted by atomic mass is 10.0. The van der Waals surface area contributed by atoms with Crippen LogP contribution in [0, 0.1) is 5.82 Å². The first kappa shape index (κ1) is 17.7. The Labute approximate surface area is 161 Å². The van der Waals surface area contributed by atoms with E-state index < -0.39 is 5.82 Å². The lowest BCUT2D eigenvalue weighted by molar-refractivity contribution is 0.0949. The van der Waals surface area contributed by atoms with Crippen molar-refractivity contribution >= 4 is 5.91 Å². The maximum absolute atomic E-state index is 13.2. The highest BCUT2D eigenvalue weighted by molar-refractivity contribution is 5.94. The molecule has 4 nitrogen and oxygen atoms in total. The first-order chi connectivity index (χ1) is 13.7. The first-order valence-electron chi connectivity index (χ1n) is 8.84. The molecule has 1 N–H and O–H groups in total. The number of rotatable bonds is 5. The number of halogens is 1. The van der Waals surface area contributed by atoms with Crippen molar-refractivity contribution in [2.45, 2.75) is 6.54 Å². The molecule has 0 spiro atoms. The van der Waals surface area contributed by atoms with Gasteiger partial charge in [0.25, 0.3) is 5.91 Å². The maximum atomic E-state index is 13.2. The van der Waals surface area contributed by atoms with Gasteiger partial charge in [0.05, 0.1) is 6.54 Å². The smallest absolute Gasteiger partial charge is 0.251 e. The van der Waals surface area contributed by atoms with E-state index in [2.05, 4.69) is 22.6 Å². The zero-order valence-electron chi connectivity index (χ0n) is 14.9. The predicted octanol–water partition coefficient (Wildman–Crippen LogP) is 5.08. The van der Waals surface area contributed by atoms with Crippen LogP contribution in [0.25, 0.3) is 22.5 Å². The first-order valence-corrected chi connectivity index (χ1v) is 8.84. The van der Waals surface area contributed by atoms with Crippen molar-refractivity contribution in [1.82, 2.24) is 10.5 Å². The highest BCUT2D eigenvalue weighted by Gasteiger charge is 2.10. The van der Waals surface area contributed by atoms with E-state index in [0.717, 1.165) is 16.7 Å². The van der Waals surface area contributed by atoms with E-state index in [1.807, 2.05) is 42.5 Å². The fraction of sp³-hybridized carbons (Fsp3) is 0.0435. The molecule has 4 rings (SSSR count). The molecule has 28 heavy (non-hydrogen) atoms. The minimum absolute atomic E-state index is 0.195. The normalized spacial score (nSPS) is 10.6. The van der Waals surface area contributed by atoms with Crippen LogP contribution in [0.1, 0.15) is 16.1 Å². The van der Waals surface area contributed by atoms with Crippen LogP contribution < -0.4 is 5.32 Å². The fourth-order valence-corrected chi connectivity index (χ4v) is 2.89. The van der Waals surface area contributed by atoms with Crippen LogP contribution in [0.15, 0.2) is 89.5 Å². The van der Waals surface area contributed by atoms with E-state index in [4.69, 9.17) is 4.52 Å². The molecule has 0 fully saturated rings. The van der Waals surface area contributed by atoms with E-state index in [-0.39, 0.29) is 18.0 Å². The third-order valence-electron chi connectivity index (χ3n) is 4.35. The number of hydrogen-bond donors (Lipinski definition) is 1. The van der Waals surface area contributed by atoms with E-state index >= 15 is 0 Å². The summed E-state index contributed by atoms with van der Waals surface area (Å²) in [5.41, 5.74) is 4.01. The molecule has 1 heterocycles. The predicted molar refractivity (Wildman–Crippen MR) is 105 cm³/mol. The minimum atomic E-state index is -0.449. The zero-order valence-corrected chi connectivity index (χ0v) is 14.9. The molecule has 0 saturated heterocycles. The van der Waals surface area contributed by atoms with Crippen molar-refractivity contribution in [3.05, 3.63) is 102 Å². The number of carbonyl (C=O) groups is 1. The van der Waals surface area contributed by atoms with Gasteiger partial charge in [-0.2, -0.15) is 0 Å². The Bertz CT molecular complexity index is 1090. The molecule has 5 heteroatoms. The van der Waals surface area contributed by atoms with Crippen LogP contribution in [-0.4, -0.2) is 11.1 Å². The molecule has 0 radical (unpaired) electrons. The highest BCUT2D eigenvalue weighted by atomic mass is 19.1. The Kier molecular flexibility index (Phi) is 4.97. The molecule has 4 aromatic rings. The molecule has 1 amide bonds. The second-order valence-electron chi connectivity index (χ2n) is 6.32. The molecular weight excluding hydrogens is 355 g/mol. The summed E-state index contributed by atoms with van der Waals surface area (Å²) in [6, 6.07) is 25.4. The van der Waals surface area contributed by atoms with Gasteiger partial charge in [-0.25, -0.2) is 4.39 Å². The topological polar surface area (TPSA) is 55.1 Å². The molecule has 0 aliphatic rings. The number of amides is 1. The number of carbonyl (C=O) groups excluding carboxylic acids is 1. The summed E-state index contributed by atoms with van der Waals surface area (Å²) in [6.45, 7) is 0.195. The third kappa shape index (κ3) is 3.99. The van der Waals surface area contributed by atoms with Gasteiger partial charge in [-0.15, -0.1) is 0 Å². The molecule has 0 aliphatic heterocycles. The van der Waals surface area contributed by atoms with Gasteiger partial charge in [0.15, 0.2) is 5.76 Å². The van der Waals surface area contributed by atoms with Gasteiger partial charge < -0.3 is 9.84 Å². The number of nitrogens with one attached hydrogen (secondary N) is 1. The van der Waals surface area contributed by atoms with Crippen LogP contribution >= 0.6 is 0 Å². The molecule has 0 aliphatic carbocycles. The lowest BCUT2D eigenvalue weighted by Gasteiger charge is -2.03. The highest BCUT2D eigenvalue weighted by Crippen LogP contribution is 2.25. The number of nitrogens with zero attached hydrogens (tertiary/aromatic N) is 1. The number of aromatic nitrogens is 1. The fourth-order valence-electron chi connectivity index (χ4n) is 2.89. The Morgan fingerprint density at radius 1 is 0.857 bits per heavy atom. The van der Waals surface area contributed by atoms with E-state index in [1.165, 1.54) is 18.2 Å². The molecular formula is C23H17FN2O2. The summed E-state index contributed by atoms with van der Waals surface area (Å²) in [6.07, 6.45) is 0. The number of benzene rings is 3. The second kappa shape index (κ2) is 7.88. The molecule has 3 aromatic carbocycles. The Hall–Kier alpha value is -3.73. The summed E-state index contributed by atoms with van der Waals surface area (Å²) in [4.78, 5) is 12.1. The van der Waals surface area contributed by atoms with Crippen LogP contribution in [0.4, 0.5) is 4.39 Å². The second-order valence-corrected chi connectivity index (χ2v) is 6.32. The van der Waals surface area contributed by atoms with E-state index in [0.29, 0.717) is 11.5 Å². The SMILES string of the molecule is O=C(NCc1cc(-c2ccc(-c3ccccc3)cc2)on1)c1cccc(F)c1. The number of hydrogen-bond acceptors (Lipinski definition) is 3. The van der Waals surface area contributed by atoms with Crippen molar-refractivity contribution < 1.29 is 13.7 Å². The third-order valence-corrected chi connectivity index (χ3v) is 4.35. The van der Waals surface area contributed by atoms with E-state index in [1.54, 1.807) is 12.1 Å². The van der Waals surface area contributed by atoms with Gasteiger partial charge in [0, 0.05) is 17.2 Å².